The lowest BCUT2D eigenvalue weighted by Crippen LogP contribution is -2.09. The van der Waals surface area contributed by atoms with Crippen molar-refractivity contribution < 1.29 is 4.74 Å². The van der Waals surface area contributed by atoms with Crippen LogP contribution >= 0.6 is 0 Å². The minimum Gasteiger partial charge on any atom is -0.388 e. The molecule has 0 aliphatic heterocycles. The van der Waals surface area contributed by atoms with Crippen molar-refractivity contribution in [3.63, 3.8) is 0 Å². The van der Waals surface area contributed by atoms with E-state index in [1.54, 1.807) is 18.4 Å². The second-order valence-corrected chi connectivity index (χ2v) is 5.69. The number of aryl methyl sites for hydroxylation is 2. The number of ether oxygens (including phenoxy) is 1. The molecule has 0 atom stereocenters. The Kier molecular flexibility index (Phi) is 4.49. The maximum Gasteiger partial charge on any atom is 0.292 e. The molecule has 0 fully saturated rings. The minimum atomic E-state index is 0.536. The summed E-state index contributed by atoms with van der Waals surface area (Å²) in [7, 11) is 0. The molecule has 3 nitrogen and oxygen atoms in total. The van der Waals surface area contributed by atoms with Gasteiger partial charge in [-0.05, 0) is 62.4 Å². The smallest absolute Gasteiger partial charge is 0.292 e. The molecule has 0 unspecified atom stereocenters. The van der Waals surface area contributed by atoms with Crippen LogP contribution in [0, 0.1) is 25.4 Å². The van der Waals surface area contributed by atoms with Gasteiger partial charge in [0, 0.05) is 17.1 Å². The highest BCUT2D eigenvalue weighted by atomic mass is 16.5. The van der Waals surface area contributed by atoms with Gasteiger partial charge in [-0.3, -0.25) is 0 Å². The van der Waals surface area contributed by atoms with Crippen LogP contribution in [0.4, 0.5) is 17.1 Å². The summed E-state index contributed by atoms with van der Waals surface area (Å²) >= 11 is 0. The van der Waals surface area contributed by atoms with Gasteiger partial charge in [0.1, 0.15) is 5.75 Å². The zero-order valence-corrected chi connectivity index (χ0v) is 13.7. The van der Waals surface area contributed by atoms with Crippen molar-refractivity contribution in [3.05, 3.63) is 83.9 Å². The summed E-state index contributed by atoms with van der Waals surface area (Å²) in [5, 5.41) is 8.62. The molecule has 0 saturated carbocycles. The van der Waals surface area contributed by atoms with Gasteiger partial charge < -0.3 is 9.64 Å². The zero-order chi connectivity index (χ0) is 16.9. The molecule has 3 aromatic rings. The molecule has 24 heavy (non-hydrogen) atoms. The predicted molar refractivity (Wildman–Crippen MR) is 96.8 cm³/mol. The SMILES string of the molecule is Cc1ccc(N(c2ccc(C)cc2)c2ccc(OC#N)cc2)cc1. The van der Waals surface area contributed by atoms with Gasteiger partial charge in [0.2, 0.25) is 0 Å². The number of nitriles is 1. The number of anilines is 3. The molecule has 0 aromatic heterocycles. The third-order valence-electron chi connectivity index (χ3n) is 3.84. The van der Waals surface area contributed by atoms with E-state index in [0.717, 1.165) is 17.1 Å². The maximum atomic E-state index is 8.62. The summed E-state index contributed by atoms with van der Waals surface area (Å²) in [6, 6.07) is 24.3. The Bertz CT molecular complexity index is 799. The highest BCUT2D eigenvalue weighted by molar-refractivity contribution is 5.76. The first-order valence-electron chi connectivity index (χ1n) is 7.77. The molecular formula is C21H18N2O. The predicted octanol–water partition coefficient (Wildman–Crippen LogP) is 5.63. The monoisotopic (exact) mass is 314 g/mol. The summed E-state index contributed by atoms with van der Waals surface area (Å²) in [4.78, 5) is 2.18. The van der Waals surface area contributed by atoms with Gasteiger partial charge in [0.15, 0.2) is 0 Å². The highest BCUT2D eigenvalue weighted by Gasteiger charge is 2.12. The van der Waals surface area contributed by atoms with Gasteiger partial charge in [-0.1, -0.05) is 35.4 Å². The van der Waals surface area contributed by atoms with Gasteiger partial charge in [-0.2, -0.15) is 0 Å². The van der Waals surface area contributed by atoms with Crippen molar-refractivity contribution in [1.29, 1.82) is 5.26 Å². The number of rotatable bonds is 4. The van der Waals surface area contributed by atoms with Crippen LogP contribution in [-0.2, 0) is 0 Å². The molecule has 0 bridgehead atoms. The Morgan fingerprint density at radius 2 is 1.04 bits per heavy atom. The van der Waals surface area contributed by atoms with E-state index in [1.165, 1.54) is 11.1 Å². The van der Waals surface area contributed by atoms with E-state index in [2.05, 4.69) is 67.3 Å². The first-order chi connectivity index (χ1) is 11.7. The maximum absolute atomic E-state index is 8.62. The number of benzene rings is 3. The number of hydrogen-bond acceptors (Lipinski definition) is 3. The molecule has 3 aromatic carbocycles. The van der Waals surface area contributed by atoms with Gasteiger partial charge in [0.05, 0.1) is 0 Å². The molecule has 0 spiro atoms. The quantitative estimate of drug-likeness (QED) is 0.585. The lowest BCUT2D eigenvalue weighted by Gasteiger charge is -2.25. The Labute approximate surface area is 142 Å². The summed E-state index contributed by atoms with van der Waals surface area (Å²) in [5.41, 5.74) is 5.62. The number of hydrogen-bond donors (Lipinski definition) is 0. The van der Waals surface area contributed by atoms with Crippen LogP contribution in [0.1, 0.15) is 11.1 Å². The highest BCUT2D eigenvalue weighted by Crippen LogP contribution is 2.35. The molecule has 0 amide bonds. The number of nitrogens with zero attached hydrogens (tertiary/aromatic N) is 2. The average Bonchev–Trinajstić information content (AvgIpc) is 2.60. The van der Waals surface area contributed by atoms with E-state index in [-0.39, 0.29) is 0 Å². The molecule has 0 N–H and O–H groups in total. The van der Waals surface area contributed by atoms with E-state index in [1.807, 2.05) is 12.1 Å². The molecule has 0 saturated heterocycles. The second kappa shape index (κ2) is 6.89. The zero-order valence-electron chi connectivity index (χ0n) is 13.7. The van der Waals surface area contributed by atoms with Crippen molar-refractivity contribution >= 4 is 17.1 Å². The summed E-state index contributed by atoms with van der Waals surface area (Å²) < 4.78 is 4.87. The first kappa shape index (κ1) is 15.6. The van der Waals surface area contributed by atoms with Gasteiger partial charge in [-0.25, -0.2) is 0 Å². The normalized spacial score (nSPS) is 10.0. The van der Waals surface area contributed by atoms with E-state index < -0.39 is 0 Å². The van der Waals surface area contributed by atoms with Crippen molar-refractivity contribution in [2.45, 2.75) is 13.8 Å². The van der Waals surface area contributed by atoms with Crippen LogP contribution in [0.15, 0.2) is 72.8 Å². The van der Waals surface area contributed by atoms with Gasteiger partial charge >= 0.3 is 0 Å². The largest absolute Gasteiger partial charge is 0.388 e. The summed E-state index contributed by atoms with van der Waals surface area (Å²) in [6.45, 7) is 4.15. The molecule has 3 heteroatoms. The third kappa shape index (κ3) is 3.39. The molecule has 118 valence electrons. The fourth-order valence-electron chi connectivity index (χ4n) is 2.55. The summed E-state index contributed by atoms with van der Waals surface area (Å²) in [5.74, 6) is 0.536. The standard InChI is InChI=1S/C21H18N2O/c1-16-3-7-18(8-4-16)23(19-9-5-17(2)6-10-19)20-11-13-21(14-12-20)24-15-22/h3-14H,1-2H3. The molecule has 0 radical (unpaired) electrons. The Hall–Kier alpha value is -3.25. The minimum absolute atomic E-state index is 0.536. The Morgan fingerprint density at radius 3 is 1.42 bits per heavy atom. The Morgan fingerprint density at radius 1 is 0.667 bits per heavy atom. The average molecular weight is 314 g/mol. The van der Waals surface area contributed by atoms with Crippen LogP contribution in [-0.4, -0.2) is 0 Å². The molecule has 0 aliphatic carbocycles. The fraction of sp³-hybridized carbons (Fsp3) is 0.0952. The van der Waals surface area contributed by atoms with E-state index in [0.29, 0.717) is 5.75 Å². The molecule has 0 aliphatic rings. The van der Waals surface area contributed by atoms with Gasteiger partial charge in [0.25, 0.3) is 6.26 Å². The fourth-order valence-corrected chi connectivity index (χ4v) is 2.55. The van der Waals surface area contributed by atoms with Crippen LogP contribution < -0.4 is 9.64 Å². The van der Waals surface area contributed by atoms with Crippen LogP contribution in [0.2, 0.25) is 0 Å². The lowest BCUT2D eigenvalue weighted by molar-refractivity contribution is 0.507. The first-order valence-corrected chi connectivity index (χ1v) is 7.77. The lowest BCUT2D eigenvalue weighted by atomic mass is 10.1. The van der Waals surface area contributed by atoms with Crippen molar-refractivity contribution in [2.24, 2.45) is 0 Å². The van der Waals surface area contributed by atoms with Crippen molar-refractivity contribution in [1.82, 2.24) is 0 Å². The molecule has 0 heterocycles. The molecular weight excluding hydrogens is 296 g/mol. The van der Waals surface area contributed by atoms with E-state index in [9.17, 15) is 0 Å². The van der Waals surface area contributed by atoms with E-state index >= 15 is 0 Å². The van der Waals surface area contributed by atoms with Gasteiger partial charge in [-0.15, -0.1) is 5.26 Å². The third-order valence-corrected chi connectivity index (χ3v) is 3.84. The van der Waals surface area contributed by atoms with Crippen LogP contribution in [0.25, 0.3) is 0 Å². The Balaban J connectivity index is 2.05. The second-order valence-electron chi connectivity index (χ2n) is 5.69. The van der Waals surface area contributed by atoms with Crippen molar-refractivity contribution in [2.75, 3.05) is 4.90 Å². The summed E-state index contributed by atoms with van der Waals surface area (Å²) in [6.07, 6.45) is 1.69. The topological polar surface area (TPSA) is 36.3 Å². The van der Waals surface area contributed by atoms with Crippen LogP contribution in [0.5, 0.6) is 5.75 Å². The molecule has 3 rings (SSSR count). The van der Waals surface area contributed by atoms with Crippen LogP contribution in [0.3, 0.4) is 0 Å². The van der Waals surface area contributed by atoms with E-state index in [4.69, 9.17) is 10.00 Å². The van der Waals surface area contributed by atoms with Crippen molar-refractivity contribution in [3.8, 4) is 12.0 Å².